The van der Waals surface area contributed by atoms with E-state index in [0.717, 1.165) is 34.4 Å². The molecule has 4 aromatic rings. The fourth-order valence-corrected chi connectivity index (χ4v) is 5.00. The van der Waals surface area contributed by atoms with Gasteiger partial charge in [-0.2, -0.15) is 0 Å². The molecule has 5 rings (SSSR count). The second kappa shape index (κ2) is 8.47. The molecule has 2 heterocycles. The highest BCUT2D eigenvalue weighted by atomic mass is 32.1. The van der Waals surface area contributed by atoms with Crippen molar-refractivity contribution in [3.63, 3.8) is 0 Å². The fourth-order valence-electron chi connectivity index (χ4n) is 4.06. The van der Waals surface area contributed by atoms with E-state index in [4.69, 9.17) is 9.72 Å². The maximum absolute atomic E-state index is 13.7. The number of amides is 1. The van der Waals surface area contributed by atoms with Crippen LogP contribution in [0.3, 0.4) is 0 Å². The number of hydrogen-bond donors (Lipinski definition) is 0. The number of benzene rings is 2. The van der Waals surface area contributed by atoms with Gasteiger partial charge in [-0.25, -0.2) is 4.98 Å². The molecule has 0 N–H and O–H groups in total. The zero-order valence-corrected chi connectivity index (χ0v) is 18.2. The van der Waals surface area contributed by atoms with E-state index in [-0.39, 0.29) is 5.91 Å². The van der Waals surface area contributed by atoms with Crippen LogP contribution >= 0.6 is 11.3 Å². The van der Waals surface area contributed by atoms with Crippen molar-refractivity contribution >= 4 is 32.6 Å². The van der Waals surface area contributed by atoms with Crippen molar-refractivity contribution in [2.24, 2.45) is 0 Å². The van der Waals surface area contributed by atoms with E-state index >= 15 is 0 Å². The predicted octanol–water partition coefficient (Wildman–Crippen LogP) is 5.43. The van der Waals surface area contributed by atoms with Gasteiger partial charge in [-0.1, -0.05) is 23.5 Å². The molecule has 2 aromatic carbocycles. The average molecular weight is 430 g/mol. The molecule has 0 unspecified atom stereocenters. The summed E-state index contributed by atoms with van der Waals surface area (Å²) in [5, 5.41) is 0.676. The Labute approximate surface area is 185 Å². The van der Waals surface area contributed by atoms with Crippen LogP contribution in [0.25, 0.3) is 10.2 Å². The van der Waals surface area contributed by atoms with Gasteiger partial charge in [0.1, 0.15) is 5.75 Å². The molecule has 0 aliphatic heterocycles. The van der Waals surface area contributed by atoms with Gasteiger partial charge in [0.2, 0.25) is 0 Å². The second-order valence-electron chi connectivity index (χ2n) is 7.77. The highest BCUT2D eigenvalue weighted by molar-refractivity contribution is 7.22. The average Bonchev–Trinajstić information content (AvgIpc) is 3.25. The van der Waals surface area contributed by atoms with Gasteiger partial charge >= 0.3 is 0 Å². The van der Waals surface area contributed by atoms with Crippen LogP contribution in [-0.2, 0) is 19.4 Å². The molecule has 1 aliphatic rings. The Bertz CT molecular complexity index is 1240. The van der Waals surface area contributed by atoms with Gasteiger partial charge in [0.15, 0.2) is 5.13 Å². The standard InChI is InChI=1S/C25H23N3O2S/c1-30-21-10-11-23-22(14-21)27-25(31-23)28(16-17-5-4-12-26-15-17)24(29)20-9-8-18-6-2-3-7-19(18)13-20/h4-5,8-15H,2-3,6-7,16H2,1H3. The van der Waals surface area contributed by atoms with Gasteiger partial charge in [-0.3, -0.25) is 14.7 Å². The summed E-state index contributed by atoms with van der Waals surface area (Å²) in [5.74, 6) is 0.715. The number of aromatic nitrogens is 2. The minimum atomic E-state index is -0.0387. The first kappa shape index (κ1) is 19.7. The zero-order valence-electron chi connectivity index (χ0n) is 17.4. The normalized spacial score (nSPS) is 13.1. The largest absolute Gasteiger partial charge is 0.497 e. The molecule has 0 saturated carbocycles. The quantitative estimate of drug-likeness (QED) is 0.425. The molecule has 6 heteroatoms. The number of ether oxygens (including phenoxy) is 1. The Morgan fingerprint density at radius 1 is 1.10 bits per heavy atom. The number of carbonyl (C=O) groups is 1. The number of carbonyl (C=O) groups excluding carboxylic acids is 1. The van der Waals surface area contributed by atoms with Gasteiger partial charge in [0.05, 0.1) is 23.9 Å². The molecule has 1 amide bonds. The maximum atomic E-state index is 13.7. The third kappa shape index (κ3) is 4.03. The predicted molar refractivity (Wildman–Crippen MR) is 124 cm³/mol. The summed E-state index contributed by atoms with van der Waals surface area (Å²) in [6.45, 7) is 0.417. The highest BCUT2D eigenvalue weighted by Gasteiger charge is 2.23. The first-order chi connectivity index (χ1) is 15.2. The summed E-state index contributed by atoms with van der Waals surface area (Å²) in [6, 6.07) is 15.8. The van der Waals surface area contributed by atoms with Crippen LogP contribution in [0.15, 0.2) is 60.9 Å². The third-order valence-corrected chi connectivity index (χ3v) is 6.78. The Morgan fingerprint density at radius 2 is 1.97 bits per heavy atom. The van der Waals surface area contributed by atoms with E-state index < -0.39 is 0 Å². The minimum absolute atomic E-state index is 0.0387. The molecule has 0 bridgehead atoms. The second-order valence-corrected chi connectivity index (χ2v) is 8.78. The summed E-state index contributed by atoms with van der Waals surface area (Å²) < 4.78 is 6.35. The number of nitrogens with zero attached hydrogens (tertiary/aromatic N) is 3. The van der Waals surface area contributed by atoms with Crippen molar-refractivity contribution in [2.45, 2.75) is 32.2 Å². The Kier molecular flexibility index (Phi) is 5.38. The van der Waals surface area contributed by atoms with E-state index in [1.807, 2.05) is 36.4 Å². The molecule has 1 aliphatic carbocycles. The third-order valence-electron chi connectivity index (χ3n) is 5.72. The molecule has 0 radical (unpaired) electrons. The topological polar surface area (TPSA) is 55.3 Å². The van der Waals surface area contributed by atoms with Crippen molar-refractivity contribution in [1.82, 2.24) is 9.97 Å². The molecular formula is C25H23N3O2S. The number of thiazole rings is 1. The van der Waals surface area contributed by atoms with Gasteiger partial charge in [-0.15, -0.1) is 0 Å². The van der Waals surface area contributed by atoms with Crippen LogP contribution in [0.4, 0.5) is 5.13 Å². The number of rotatable bonds is 5. The van der Waals surface area contributed by atoms with E-state index in [2.05, 4.69) is 17.1 Å². The Balaban J connectivity index is 1.54. The van der Waals surface area contributed by atoms with Crippen LogP contribution in [0.2, 0.25) is 0 Å². The molecule has 0 spiro atoms. The number of methoxy groups -OCH3 is 1. The van der Waals surface area contributed by atoms with Gasteiger partial charge in [-0.05, 0) is 72.7 Å². The summed E-state index contributed by atoms with van der Waals surface area (Å²) in [7, 11) is 1.64. The van der Waals surface area contributed by atoms with E-state index in [1.165, 1.54) is 35.3 Å². The number of aryl methyl sites for hydroxylation is 2. The Hall–Kier alpha value is -3.25. The van der Waals surface area contributed by atoms with Crippen LogP contribution in [-0.4, -0.2) is 23.0 Å². The molecule has 0 fully saturated rings. The summed E-state index contributed by atoms with van der Waals surface area (Å²) in [5.41, 5.74) is 5.17. The van der Waals surface area contributed by atoms with Crippen molar-refractivity contribution in [1.29, 1.82) is 0 Å². The maximum Gasteiger partial charge on any atom is 0.260 e. The lowest BCUT2D eigenvalue weighted by atomic mass is 9.90. The van der Waals surface area contributed by atoms with Crippen LogP contribution in [0.1, 0.15) is 39.9 Å². The highest BCUT2D eigenvalue weighted by Crippen LogP contribution is 2.33. The molecule has 156 valence electrons. The molecule has 31 heavy (non-hydrogen) atoms. The Morgan fingerprint density at radius 3 is 2.77 bits per heavy atom. The number of hydrogen-bond acceptors (Lipinski definition) is 5. The first-order valence-electron chi connectivity index (χ1n) is 10.5. The zero-order chi connectivity index (χ0) is 21.2. The van der Waals surface area contributed by atoms with Crippen molar-refractivity contribution in [2.75, 3.05) is 12.0 Å². The van der Waals surface area contributed by atoms with E-state index in [0.29, 0.717) is 17.2 Å². The molecule has 0 atom stereocenters. The van der Waals surface area contributed by atoms with Gasteiger partial charge < -0.3 is 4.74 Å². The molecule has 2 aromatic heterocycles. The fraction of sp³-hybridized carbons (Fsp3) is 0.240. The minimum Gasteiger partial charge on any atom is -0.497 e. The van der Waals surface area contributed by atoms with Gasteiger partial charge in [0.25, 0.3) is 5.91 Å². The SMILES string of the molecule is COc1ccc2sc(N(Cc3cccnc3)C(=O)c3ccc4c(c3)CCCC4)nc2c1. The summed E-state index contributed by atoms with van der Waals surface area (Å²) >= 11 is 1.51. The number of fused-ring (bicyclic) bond motifs is 2. The number of pyridine rings is 1. The molecule has 5 nitrogen and oxygen atoms in total. The lowest BCUT2D eigenvalue weighted by Gasteiger charge is -2.22. The van der Waals surface area contributed by atoms with Crippen molar-refractivity contribution in [3.8, 4) is 5.75 Å². The van der Waals surface area contributed by atoms with Crippen molar-refractivity contribution < 1.29 is 9.53 Å². The summed E-state index contributed by atoms with van der Waals surface area (Å²) in [6.07, 6.45) is 8.09. The van der Waals surface area contributed by atoms with Gasteiger partial charge in [0, 0.05) is 24.0 Å². The smallest absolute Gasteiger partial charge is 0.260 e. The van der Waals surface area contributed by atoms with Crippen LogP contribution in [0.5, 0.6) is 5.75 Å². The van der Waals surface area contributed by atoms with Crippen LogP contribution < -0.4 is 9.64 Å². The first-order valence-corrected chi connectivity index (χ1v) is 11.3. The summed E-state index contributed by atoms with van der Waals surface area (Å²) in [4.78, 5) is 24.4. The lowest BCUT2D eigenvalue weighted by molar-refractivity contribution is 0.0985. The van der Waals surface area contributed by atoms with Crippen LogP contribution in [0, 0.1) is 0 Å². The monoisotopic (exact) mass is 429 g/mol. The van der Waals surface area contributed by atoms with Crippen molar-refractivity contribution in [3.05, 3.63) is 83.2 Å². The lowest BCUT2D eigenvalue weighted by Crippen LogP contribution is -2.30. The van der Waals surface area contributed by atoms with E-state index in [1.54, 1.807) is 24.4 Å². The number of anilines is 1. The molecular weight excluding hydrogens is 406 g/mol. The van der Waals surface area contributed by atoms with E-state index in [9.17, 15) is 4.79 Å². The molecule has 0 saturated heterocycles.